The van der Waals surface area contributed by atoms with Crippen LogP contribution in [0.3, 0.4) is 0 Å². The number of ether oxygens (including phenoxy) is 2. The van der Waals surface area contributed by atoms with Gasteiger partial charge in [-0.25, -0.2) is 9.59 Å². The summed E-state index contributed by atoms with van der Waals surface area (Å²) in [5, 5.41) is 8.40. The highest BCUT2D eigenvalue weighted by molar-refractivity contribution is 7.09. The molecule has 3 heterocycles. The Hall–Kier alpha value is -3.40. The molecule has 0 aliphatic carbocycles. The molecule has 0 fully saturated rings. The van der Waals surface area contributed by atoms with Crippen LogP contribution in [0, 0.1) is 27.7 Å². The highest BCUT2D eigenvalue weighted by atomic mass is 32.1. The monoisotopic (exact) mass is 459 g/mol. The SMILES string of the molecule is CCOC(=O)c1c(C)c(C)n(Cc2cccs2)c1NC(=O)COC(=O)c1c(C)noc1C. The summed E-state index contributed by atoms with van der Waals surface area (Å²) in [6, 6.07) is 3.91. The minimum atomic E-state index is -0.705. The van der Waals surface area contributed by atoms with Gasteiger partial charge in [0.2, 0.25) is 0 Å². The van der Waals surface area contributed by atoms with Crippen molar-refractivity contribution in [2.45, 2.75) is 41.2 Å². The van der Waals surface area contributed by atoms with Crippen LogP contribution >= 0.6 is 11.3 Å². The third-order valence-corrected chi connectivity index (χ3v) is 5.89. The summed E-state index contributed by atoms with van der Waals surface area (Å²) >= 11 is 1.57. The van der Waals surface area contributed by atoms with Gasteiger partial charge in [0, 0.05) is 10.6 Å². The number of thiophene rings is 1. The molecule has 3 aromatic rings. The van der Waals surface area contributed by atoms with E-state index >= 15 is 0 Å². The van der Waals surface area contributed by atoms with Crippen molar-refractivity contribution in [3.8, 4) is 0 Å². The van der Waals surface area contributed by atoms with Crippen LogP contribution in [0.4, 0.5) is 5.82 Å². The minimum absolute atomic E-state index is 0.192. The average molecular weight is 460 g/mol. The fourth-order valence-electron chi connectivity index (χ4n) is 3.35. The van der Waals surface area contributed by atoms with Gasteiger partial charge < -0.3 is 23.9 Å². The number of rotatable bonds is 8. The first kappa shape index (κ1) is 23.3. The second kappa shape index (κ2) is 9.82. The normalized spacial score (nSPS) is 10.8. The van der Waals surface area contributed by atoms with Gasteiger partial charge in [-0.05, 0) is 51.6 Å². The topological polar surface area (TPSA) is 113 Å². The number of esters is 2. The molecule has 1 amide bonds. The summed E-state index contributed by atoms with van der Waals surface area (Å²) in [5.74, 6) is -1.19. The zero-order valence-electron chi connectivity index (χ0n) is 18.6. The van der Waals surface area contributed by atoms with Crippen LogP contribution in [0.15, 0.2) is 22.0 Å². The van der Waals surface area contributed by atoms with Crippen molar-refractivity contribution in [3.63, 3.8) is 0 Å². The van der Waals surface area contributed by atoms with Crippen molar-refractivity contribution < 1.29 is 28.4 Å². The fraction of sp³-hybridized carbons (Fsp3) is 0.364. The third-order valence-electron chi connectivity index (χ3n) is 5.03. The van der Waals surface area contributed by atoms with Crippen molar-refractivity contribution in [1.29, 1.82) is 0 Å². The molecule has 32 heavy (non-hydrogen) atoms. The van der Waals surface area contributed by atoms with E-state index in [1.165, 1.54) is 0 Å². The van der Waals surface area contributed by atoms with Crippen LogP contribution in [0.5, 0.6) is 0 Å². The van der Waals surface area contributed by atoms with E-state index in [-0.39, 0.29) is 17.7 Å². The number of aromatic nitrogens is 2. The van der Waals surface area contributed by atoms with Crippen molar-refractivity contribution in [2.75, 3.05) is 18.5 Å². The first-order valence-corrected chi connectivity index (χ1v) is 10.9. The van der Waals surface area contributed by atoms with E-state index in [2.05, 4.69) is 10.5 Å². The summed E-state index contributed by atoms with van der Waals surface area (Å²) in [7, 11) is 0. The molecule has 0 bridgehead atoms. The quantitative estimate of drug-likeness (QED) is 0.510. The van der Waals surface area contributed by atoms with Crippen LogP contribution in [0.1, 0.15) is 55.2 Å². The van der Waals surface area contributed by atoms with Gasteiger partial charge in [-0.15, -0.1) is 11.3 Å². The first-order valence-electron chi connectivity index (χ1n) is 10.0. The Balaban J connectivity index is 1.84. The maximum absolute atomic E-state index is 12.7. The molecule has 3 aromatic heterocycles. The number of amides is 1. The van der Waals surface area contributed by atoms with Crippen molar-refractivity contribution >= 4 is 35.0 Å². The van der Waals surface area contributed by atoms with E-state index in [9.17, 15) is 14.4 Å². The Bertz CT molecular complexity index is 1120. The molecule has 0 radical (unpaired) electrons. The van der Waals surface area contributed by atoms with E-state index < -0.39 is 24.5 Å². The lowest BCUT2D eigenvalue weighted by atomic mass is 10.1. The Morgan fingerprint density at radius 2 is 1.84 bits per heavy atom. The van der Waals surface area contributed by atoms with Crippen LogP contribution in [0.25, 0.3) is 0 Å². The maximum atomic E-state index is 12.7. The zero-order chi connectivity index (χ0) is 23.4. The van der Waals surface area contributed by atoms with Gasteiger partial charge in [0.25, 0.3) is 5.91 Å². The van der Waals surface area contributed by atoms with Gasteiger partial charge in [0.15, 0.2) is 6.61 Å². The predicted molar refractivity (Wildman–Crippen MR) is 118 cm³/mol. The van der Waals surface area contributed by atoms with Crippen molar-refractivity contribution in [1.82, 2.24) is 9.72 Å². The molecule has 0 atom stereocenters. The Kier molecular flexibility index (Phi) is 7.14. The smallest absolute Gasteiger partial charge is 0.344 e. The molecular formula is C22H25N3O6S. The molecule has 10 heteroatoms. The highest BCUT2D eigenvalue weighted by Crippen LogP contribution is 2.29. The Morgan fingerprint density at radius 1 is 1.12 bits per heavy atom. The van der Waals surface area contributed by atoms with E-state index in [1.54, 1.807) is 39.0 Å². The summed E-state index contributed by atoms with van der Waals surface area (Å²) in [5.41, 5.74) is 2.39. The summed E-state index contributed by atoms with van der Waals surface area (Å²) in [6.07, 6.45) is 0. The van der Waals surface area contributed by atoms with E-state index in [4.69, 9.17) is 14.0 Å². The highest BCUT2D eigenvalue weighted by Gasteiger charge is 2.27. The standard InChI is InChI=1S/C22H25N3O6S/c1-6-29-21(27)18-12(2)14(4)25(10-16-8-7-9-32-16)20(18)23-17(26)11-30-22(28)19-13(3)24-31-15(19)5/h7-9H,6,10-11H2,1-5H3,(H,23,26). The van der Waals surface area contributed by atoms with Crippen molar-refractivity contribution in [2.24, 2.45) is 0 Å². The molecule has 0 saturated carbocycles. The number of anilines is 1. The molecule has 1 N–H and O–H groups in total. The lowest BCUT2D eigenvalue weighted by Gasteiger charge is -2.13. The molecule has 0 spiro atoms. The fourth-order valence-corrected chi connectivity index (χ4v) is 4.04. The van der Waals surface area contributed by atoms with E-state index in [0.29, 0.717) is 29.4 Å². The Morgan fingerprint density at radius 3 is 2.44 bits per heavy atom. The molecule has 9 nitrogen and oxygen atoms in total. The number of hydrogen-bond acceptors (Lipinski definition) is 8. The van der Waals surface area contributed by atoms with E-state index in [0.717, 1.165) is 10.6 Å². The number of aryl methyl sites for hydroxylation is 2. The molecular weight excluding hydrogens is 434 g/mol. The molecule has 0 saturated heterocycles. The third kappa shape index (κ3) is 4.75. The second-order valence-corrected chi connectivity index (χ2v) is 8.18. The predicted octanol–water partition coefficient (Wildman–Crippen LogP) is 3.79. The lowest BCUT2D eigenvalue weighted by molar-refractivity contribution is -0.119. The van der Waals surface area contributed by atoms with Gasteiger partial charge in [-0.1, -0.05) is 11.2 Å². The van der Waals surface area contributed by atoms with E-state index in [1.807, 2.05) is 29.0 Å². The molecule has 0 aliphatic rings. The molecule has 3 rings (SSSR count). The van der Waals surface area contributed by atoms with Gasteiger partial charge in [0.05, 0.1) is 18.8 Å². The Labute approximate surface area is 189 Å². The van der Waals surface area contributed by atoms with Gasteiger partial charge in [-0.2, -0.15) is 0 Å². The maximum Gasteiger partial charge on any atom is 0.344 e. The molecule has 0 aromatic carbocycles. The van der Waals surface area contributed by atoms with Gasteiger partial charge >= 0.3 is 11.9 Å². The largest absolute Gasteiger partial charge is 0.462 e. The average Bonchev–Trinajstić information content (AvgIpc) is 3.43. The molecule has 170 valence electrons. The molecule has 0 aliphatic heterocycles. The molecule has 0 unspecified atom stereocenters. The minimum Gasteiger partial charge on any atom is -0.462 e. The van der Waals surface area contributed by atoms with Crippen LogP contribution in [-0.4, -0.2) is 40.8 Å². The zero-order valence-corrected chi connectivity index (χ0v) is 19.4. The number of carbonyl (C=O) groups is 3. The number of hydrogen-bond donors (Lipinski definition) is 1. The summed E-state index contributed by atoms with van der Waals surface area (Å²) in [4.78, 5) is 38.7. The van der Waals surface area contributed by atoms with Crippen LogP contribution < -0.4 is 5.32 Å². The first-order chi connectivity index (χ1) is 15.2. The second-order valence-electron chi connectivity index (χ2n) is 7.14. The number of nitrogens with zero attached hydrogens (tertiary/aromatic N) is 2. The van der Waals surface area contributed by atoms with Gasteiger partial charge in [-0.3, -0.25) is 4.79 Å². The van der Waals surface area contributed by atoms with Gasteiger partial charge in [0.1, 0.15) is 22.7 Å². The number of nitrogens with one attached hydrogen (secondary N) is 1. The lowest BCUT2D eigenvalue weighted by Crippen LogP contribution is -2.24. The summed E-state index contributed by atoms with van der Waals surface area (Å²) < 4.78 is 17.2. The summed E-state index contributed by atoms with van der Waals surface area (Å²) in [6.45, 7) is 8.74. The number of carbonyl (C=O) groups excluding carboxylic acids is 3. The van der Waals surface area contributed by atoms with Crippen LogP contribution in [-0.2, 0) is 20.8 Å². The van der Waals surface area contributed by atoms with Crippen molar-refractivity contribution in [3.05, 3.63) is 56.2 Å². The van der Waals surface area contributed by atoms with Crippen LogP contribution in [0.2, 0.25) is 0 Å².